The Hall–Kier alpha value is -3.27. The number of nitrogens with zero attached hydrogens (tertiary/aromatic N) is 1. The Balaban J connectivity index is 2.02. The van der Waals surface area contributed by atoms with Crippen molar-refractivity contribution in [2.75, 3.05) is 29.1 Å². The molecular formula is C20H21FN4O2. The molecule has 1 aliphatic heterocycles. The van der Waals surface area contributed by atoms with Gasteiger partial charge in [0, 0.05) is 36.5 Å². The number of carbonyl (C=O) groups excluding carboxylic acids is 1. The first-order valence-corrected chi connectivity index (χ1v) is 8.75. The quantitative estimate of drug-likeness (QED) is 0.745. The van der Waals surface area contributed by atoms with E-state index in [1.54, 1.807) is 12.1 Å². The van der Waals surface area contributed by atoms with Gasteiger partial charge in [0.1, 0.15) is 11.6 Å². The summed E-state index contributed by atoms with van der Waals surface area (Å²) in [7, 11) is 0. The van der Waals surface area contributed by atoms with Crippen LogP contribution in [0.2, 0.25) is 0 Å². The molecule has 2 atom stereocenters. The lowest BCUT2D eigenvalue weighted by Crippen LogP contribution is -2.31. The standard InChI is InChI=1S/C20H21FN4O2/c1-3-27-19-9-17-16(8-18(19)24-12(2)26)20(13(10-22)11-23-17)25-15-6-4-14(21)5-7-15/h4-9,13,20,23,25H,3,11H2,1-2H3,(H,24,26). The second kappa shape index (κ2) is 7.96. The summed E-state index contributed by atoms with van der Waals surface area (Å²) in [6.45, 7) is 4.23. The average Bonchev–Trinajstić information content (AvgIpc) is 2.64. The molecule has 0 saturated heterocycles. The van der Waals surface area contributed by atoms with Crippen LogP contribution in [0, 0.1) is 23.1 Å². The molecule has 0 saturated carbocycles. The molecule has 0 bridgehead atoms. The van der Waals surface area contributed by atoms with Crippen molar-refractivity contribution in [3.63, 3.8) is 0 Å². The topological polar surface area (TPSA) is 86.2 Å². The van der Waals surface area contributed by atoms with Crippen molar-refractivity contribution < 1.29 is 13.9 Å². The normalized spacial score (nSPS) is 17.9. The maximum absolute atomic E-state index is 13.2. The van der Waals surface area contributed by atoms with Gasteiger partial charge in [0.2, 0.25) is 5.91 Å². The largest absolute Gasteiger partial charge is 0.492 e. The number of hydrogen-bond acceptors (Lipinski definition) is 5. The van der Waals surface area contributed by atoms with Gasteiger partial charge in [-0.2, -0.15) is 5.26 Å². The Morgan fingerprint density at radius 3 is 2.74 bits per heavy atom. The van der Waals surface area contributed by atoms with Crippen molar-refractivity contribution in [2.24, 2.45) is 5.92 Å². The van der Waals surface area contributed by atoms with E-state index in [4.69, 9.17) is 4.74 Å². The number of anilines is 3. The molecule has 1 aliphatic rings. The summed E-state index contributed by atoms with van der Waals surface area (Å²) < 4.78 is 18.8. The first-order chi connectivity index (χ1) is 13.0. The molecule has 2 unspecified atom stereocenters. The number of carbonyl (C=O) groups is 1. The van der Waals surface area contributed by atoms with E-state index in [1.165, 1.54) is 19.1 Å². The predicted octanol–water partition coefficient (Wildman–Crippen LogP) is 3.90. The SMILES string of the molecule is CCOc1cc2c(cc1NC(C)=O)C(Nc1ccc(F)cc1)C(C#N)CN2. The van der Waals surface area contributed by atoms with Crippen LogP contribution < -0.4 is 20.7 Å². The van der Waals surface area contributed by atoms with Gasteiger partial charge in [-0.25, -0.2) is 4.39 Å². The Bertz CT molecular complexity index is 877. The lowest BCUT2D eigenvalue weighted by atomic mass is 9.88. The zero-order valence-electron chi connectivity index (χ0n) is 15.2. The molecule has 1 heterocycles. The van der Waals surface area contributed by atoms with Gasteiger partial charge in [0.05, 0.1) is 30.3 Å². The molecule has 6 nitrogen and oxygen atoms in total. The van der Waals surface area contributed by atoms with E-state index in [9.17, 15) is 14.4 Å². The van der Waals surface area contributed by atoms with Crippen LogP contribution in [-0.2, 0) is 4.79 Å². The van der Waals surface area contributed by atoms with E-state index in [-0.39, 0.29) is 23.7 Å². The Morgan fingerprint density at radius 2 is 2.11 bits per heavy atom. The van der Waals surface area contributed by atoms with Crippen molar-refractivity contribution >= 4 is 23.0 Å². The highest BCUT2D eigenvalue weighted by Gasteiger charge is 2.31. The summed E-state index contributed by atoms with van der Waals surface area (Å²) in [5.74, 6) is -0.308. The van der Waals surface area contributed by atoms with E-state index < -0.39 is 0 Å². The zero-order valence-corrected chi connectivity index (χ0v) is 15.2. The molecule has 7 heteroatoms. The van der Waals surface area contributed by atoms with E-state index in [0.717, 1.165) is 11.3 Å². The third-order valence-corrected chi connectivity index (χ3v) is 4.34. The van der Waals surface area contributed by atoms with Crippen molar-refractivity contribution in [2.45, 2.75) is 19.9 Å². The van der Waals surface area contributed by atoms with Gasteiger partial charge >= 0.3 is 0 Å². The predicted molar refractivity (Wildman–Crippen MR) is 102 cm³/mol. The van der Waals surface area contributed by atoms with Crippen molar-refractivity contribution in [3.8, 4) is 11.8 Å². The molecule has 2 aromatic rings. The van der Waals surface area contributed by atoms with Gasteiger partial charge < -0.3 is 20.7 Å². The van der Waals surface area contributed by atoms with Crippen LogP contribution in [0.1, 0.15) is 25.5 Å². The van der Waals surface area contributed by atoms with Gasteiger partial charge in [-0.3, -0.25) is 4.79 Å². The van der Waals surface area contributed by atoms with Crippen LogP contribution in [0.5, 0.6) is 5.75 Å². The van der Waals surface area contributed by atoms with Crippen LogP contribution in [-0.4, -0.2) is 19.1 Å². The molecule has 0 spiro atoms. The summed E-state index contributed by atoms with van der Waals surface area (Å²) in [4.78, 5) is 11.6. The average molecular weight is 368 g/mol. The minimum absolute atomic E-state index is 0.209. The summed E-state index contributed by atoms with van der Waals surface area (Å²) in [6.07, 6.45) is 0. The number of ether oxygens (including phenoxy) is 1. The highest BCUT2D eigenvalue weighted by atomic mass is 19.1. The summed E-state index contributed by atoms with van der Waals surface area (Å²) in [6, 6.07) is 11.6. The molecule has 2 aromatic carbocycles. The van der Waals surface area contributed by atoms with Gasteiger partial charge in [0.15, 0.2) is 0 Å². The summed E-state index contributed by atoms with van der Waals surface area (Å²) in [5, 5.41) is 18.9. The maximum Gasteiger partial charge on any atom is 0.221 e. The highest BCUT2D eigenvalue weighted by Crippen LogP contribution is 2.41. The lowest BCUT2D eigenvalue weighted by Gasteiger charge is -2.33. The third kappa shape index (κ3) is 4.11. The molecule has 0 radical (unpaired) electrons. The second-order valence-corrected chi connectivity index (χ2v) is 6.30. The van der Waals surface area contributed by atoms with Gasteiger partial charge in [0.25, 0.3) is 0 Å². The number of rotatable bonds is 5. The first-order valence-electron chi connectivity index (χ1n) is 8.75. The van der Waals surface area contributed by atoms with Crippen LogP contribution in [0.4, 0.5) is 21.5 Å². The minimum Gasteiger partial charge on any atom is -0.492 e. The first kappa shape index (κ1) is 18.5. The smallest absolute Gasteiger partial charge is 0.221 e. The van der Waals surface area contributed by atoms with Gasteiger partial charge in [-0.05, 0) is 37.3 Å². The van der Waals surface area contributed by atoms with Crippen LogP contribution in [0.25, 0.3) is 0 Å². The number of halogens is 1. The van der Waals surface area contributed by atoms with E-state index in [2.05, 4.69) is 22.0 Å². The summed E-state index contributed by atoms with van der Waals surface area (Å²) in [5.41, 5.74) is 2.93. The van der Waals surface area contributed by atoms with E-state index in [0.29, 0.717) is 30.3 Å². The zero-order chi connectivity index (χ0) is 19.4. The van der Waals surface area contributed by atoms with E-state index >= 15 is 0 Å². The molecule has 0 fully saturated rings. The van der Waals surface area contributed by atoms with Crippen molar-refractivity contribution in [1.29, 1.82) is 5.26 Å². The van der Waals surface area contributed by atoms with Gasteiger partial charge in [-0.1, -0.05) is 0 Å². The molecular weight excluding hydrogens is 347 g/mol. The second-order valence-electron chi connectivity index (χ2n) is 6.30. The Labute approximate surface area is 157 Å². The minimum atomic E-state index is -0.342. The molecule has 27 heavy (non-hydrogen) atoms. The fraction of sp³-hybridized carbons (Fsp3) is 0.300. The number of nitriles is 1. The Kier molecular flexibility index (Phi) is 5.46. The van der Waals surface area contributed by atoms with Crippen LogP contribution in [0.15, 0.2) is 36.4 Å². The lowest BCUT2D eigenvalue weighted by molar-refractivity contribution is -0.114. The van der Waals surface area contributed by atoms with Crippen molar-refractivity contribution in [3.05, 3.63) is 47.8 Å². The Morgan fingerprint density at radius 1 is 1.37 bits per heavy atom. The molecule has 140 valence electrons. The number of hydrogen-bond donors (Lipinski definition) is 3. The third-order valence-electron chi connectivity index (χ3n) is 4.34. The number of fused-ring (bicyclic) bond motifs is 1. The molecule has 3 N–H and O–H groups in total. The molecule has 0 aliphatic carbocycles. The number of nitrogens with one attached hydrogen (secondary N) is 3. The molecule has 3 rings (SSSR count). The molecule has 1 amide bonds. The molecule has 0 aromatic heterocycles. The number of benzene rings is 2. The van der Waals surface area contributed by atoms with Crippen LogP contribution in [0.3, 0.4) is 0 Å². The monoisotopic (exact) mass is 368 g/mol. The van der Waals surface area contributed by atoms with Crippen LogP contribution >= 0.6 is 0 Å². The summed E-state index contributed by atoms with van der Waals surface area (Å²) >= 11 is 0. The van der Waals surface area contributed by atoms with Crippen molar-refractivity contribution in [1.82, 2.24) is 0 Å². The highest BCUT2D eigenvalue weighted by molar-refractivity contribution is 5.91. The fourth-order valence-electron chi connectivity index (χ4n) is 3.15. The van der Waals surface area contributed by atoms with E-state index in [1.807, 2.05) is 19.1 Å². The maximum atomic E-state index is 13.2. The van der Waals surface area contributed by atoms with Gasteiger partial charge in [-0.15, -0.1) is 0 Å². The number of amides is 1. The fourth-order valence-corrected chi connectivity index (χ4v) is 3.15.